The number of amides is 1. The Morgan fingerprint density at radius 1 is 1.06 bits per heavy atom. The van der Waals surface area contributed by atoms with E-state index in [1.807, 2.05) is 30.3 Å². The number of carbonyl (C=O) groups excluding carboxylic acids is 1. The predicted molar refractivity (Wildman–Crippen MR) is 143 cm³/mol. The Morgan fingerprint density at radius 2 is 1.89 bits per heavy atom. The minimum absolute atomic E-state index is 0.0882. The number of nitrogens with zero attached hydrogens (tertiary/aromatic N) is 1. The summed E-state index contributed by atoms with van der Waals surface area (Å²) in [7, 11) is 0. The van der Waals surface area contributed by atoms with Gasteiger partial charge in [-0.1, -0.05) is 49.7 Å². The molecule has 8 heteroatoms. The van der Waals surface area contributed by atoms with Gasteiger partial charge in [-0.25, -0.2) is 4.98 Å². The molecule has 0 bridgehead atoms. The Bertz CT molecular complexity index is 1540. The van der Waals surface area contributed by atoms with Crippen molar-refractivity contribution in [3.8, 4) is 11.5 Å². The second kappa shape index (κ2) is 9.52. The zero-order valence-electron chi connectivity index (χ0n) is 19.1. The molecule has 3 aromatic carbocycles. The number of carbonyl (C=O) groups is 1. The lowest BCUT2D eigenvalue weighted by Gasteiger charge is -2.11. The number of rotatable bonds is 5. The van der Waals surface area contributed by atoms with E-state index < -0.39 is 5.91 Å². The van der Waals surface area contributed by atoms with Gasteiger partial charge in [0.25, 0.3) is 5.91 Å². The van der Waals surface area contributed by atoms with Crippen LogP contribution in [-0.4, -0.2) is 16.0 Å². The highest BCUT2D eigenvalue weighted by atomic mass is 35.5. The van der Waals surface area contributed by atoms with E-state index in [4.69, 9.17) is 32.7 Å². The van der Waals surface area contributed by atoms with Crippen molar-refractivity contribution >= 4 is 62.6 Å². The summed E-state index contributed by atoms with van der Waals surface area (Å²) < 4.78 is 11.6. The fourth-order valence-corrected chi connectivity index (χ4v) is 4.14. The number of anilines is 1. The average Bonchev–Trinajstić information content (AvgIpc) is 3.48. The van der Waals surface area contributed by atoms with E-state index in [0.717, 1.165) is 22.9 Å². The Labute approximate surface area is 212 Å². The number of oxazole rings is 1. The molecule has 0 aliphatic carbocycles. The van der Waals surface area contributed by atoms with Crippen LogP contribution in [0.15, 0.2) is 75.6 Å². The largest absolute Gasteiger partial charge is 0.451 e. The maximum absolute atomic E-state index is 12.6. The molecule has 1 unspecified atom stereocenters. The molecular weight excluding hydrogens is 482 g/mol. The fourth-order valence-electron chi connectivity index (χ4n) is 3.78. The molecule has 0 aliphatic rings. The molecule has 0 saturated heterocycles. The second-order valence-electron chi connectivity index (χ2n) is 8.31. The quantitative estimate of drug-likeness (QED) is 0.241. The topological polar surface area (TPSA) is 80.3 Å². The van der Waals surface area contributed by atoms with E-state index in [-0.39, 0.29) is 10.9 Å². The minimum atomic E-state index is -0.456. The molecule has 0 spiro atoms. The van der Waals surface area contributed by atoms with Crippen molar-refractivity contribution in [2.45, 2.75) is 26.2 Å². The molecule has 5 rings (SSSR count). The van der Waals surface area contributed by atoms with Gasteiger partial charge in [0.05, 0.1) is 10.7 Å². The lowest BCUT2D eigenvalue weighted by atomic mass is 9.98. The first kappa shape index (κ1) is 23.1. The molecule has 2 N–H and O–H groups in total. The van der Waals surface area contributed by atoms with Gasteiger partial charge in [-0.2, -0.15) is 0 Å². The summed E-state index contributed by atoms with van der Waals surface area (Å²) in [5.41, 5.74) is 4.61. The first-order chi connectivity index (χ1) is 16.9. The summed E-state index contributed by atoms with van der Waals surface area (Å²) in [6.07, 6.45) is 1.05. The summed E-state index contributed by atoms with van der Waals surface area (Å²) >= 11 is 11.7. The van der Waals surface area contributed by atoms with Gasteiger partial charge in [-0.3, -0.25) is 10.1 Å². The van der Waals surface area contributed by atoms with E-state index in [0.29, 0.717) is 33.7 Å². The number of hydrogen-bond acceptors (Lipinski definition) is 5. The first-order valence-corrected chi connectivity index (χ1v) is 12.0. The summed E-state index contributed by atoms with van der Waals surface area (Å²) in [4.78, 5) is 17.3. The molecule has 2 heterocycles. The molecule has 1 atom stereocenters. The van der Waals surface area contributed by atoms with E-state index >= 15 is 0 Å². The third-order valence-electron chi connectivity index (χ3n) is 5.93. The highest BCUT2D eigenvalue weighted by Crippen LogP contribution is 2.32. The van der Waals surface area contributed by atoms with E-state index in [1.165, 1.54) is 5.56 Å². The second-order valence-corrected chi connectivity index (χ2v) is 9.12. The number of fused-ring (bicyclic) bond motifs is 2. The lowest BCUT2D eigenvalue weighted by Crippen LogP contribution is -2.33. The Hall–Kier alpha value is -3.68. The van der Waals surface area contributed by atoms with E-state index in [9.17, 15) is 4.79 Å². The molecule has 0 radical (unpaired) electrons. The van der Waals surface area contributed by atoms with Gasteiger partial charge in [0, 0.05) is 10.9 Å². The van der Waals surface area contributed by atoms with Crippen molar-refractivity contribution < 1.29 is 13.6 Å². The van der Waals surface area contributed by atoms with E-state index in [1.54, 1.807) is 24.3 Å². The summed E-state index contributed by atoms with van der Waals surface area (Å²) in [6.45, 7) is 4.35. The summed E-state index contributed by atoms with van der Waals surface area (Å²) in [6, 6.07) is 20.5. The normalized spacial score (nSPS) is 12.1. The number of furan rings is 1. The number of aromatic nitrogens is 1. The van der Waals surface area contributed by atoms with Crippen molar-refractivity contribution in [2.75, 3.05) is 5.32 Å². The Balaban J connectivity index is 1.34. The van der Waals surface area contributed by atoms with Gasteiger partial charge < -0.3 is 14.2 Å². The molecule has 5 aromatic rings. The molecule has 1 amide bonds. The molecule has 0 saturated carbocycles. The Kier molecular flexibility index (Phi) is 6.28. The molecule has 0 aliphatic heterocycles. The summed E-state index contributed by atoms with van der Waals surface area (Å²) in [5, 5.41) is 6.96. The van der Waals surface area contributed by atoms with Gasteiger partial charge in [0.2, 0.25) is 5.89 Å². The van der Waals surface area contributed by atoms with Gasteiger partial charge >= 0.3 is 0 Å². The lowest BCUT2D eigenvalue weighted by molar-refractivity contribution is 0.0953. The van der Waals surface area contributed by atoms with Crippen molar-refractivity contribution in [3.63, 3.8) is 0 Å². The van der Waals surface area contributed by atoms with Crippen LogP contribution in [-0.2, 0) is 0 Å². The number of halogens is 1. The van der Waals surface area contributed by atoms with Crippen molar-refractivity contribution in [3.05, 3.63) is 83.1 Å². The van der Waals surface area contributed by atoms with Gasteiger partial charge in [0.1, 0.15) is 11.1 Å². The number of benzene rings is 3. The maximum Gasteiger partial charge on any atom is 0.293 e. The van der Waals surface area contributed by atoms with Crippen LogP contribution in [0, 0.1) is 0 Å². The first-order valence-electron chi connectivity index (χ1n) is 11.2. The number of hydrogen-bond donors (Lipinski definition) is 2. The molecule has 176 valence electrons. The third kappa shape index (κ3) is 4.78. The van der Waals surface area contributed by atoms with Crippen LogP contribution >= 0.6 is 23.8 Å². The van der Waals surface area contributed by atoms with Crippen LogP contribution in [0.5, 0.6) is 0 Å². The highest BCUT2D eigenvalue weighted by molar-refractivity contribution is 7.80. The predicted octanol–water partition coefficient (Wildman–Crippen LogP) is 7.53. The van der Waals surface area contributed by atoms with Crippen LogP contribution in [0.3, 0.4) is 0 Å². The number of nitrogens with one attached hydrogen (secondary N) is 2. The number of para-hydroxylation sites is 1. The molecule has 35 heavy (non-hydrogen) atoms. The van der Waals surface area contributed by atoms with Crippen LogP contribution in [0.4, 0.5) is 5.69 Å². The SMILES string of the molecule is CCC(C)c1ccc2oc(-c3ccc(Cl)c(NC(=S)NC(=O)c4cc5ccccc5o4)c3)nc2c1. The third-order valence-corrected chi connectivity index (χ3v) is 6.46. The minimum Gasteiger partial charge on any atom is -0.451 e. The zero-order valence-corrected chi connectivity index (χ0v) is 20.7. The summed E-state index contributed by atoms with van der Waals surface area (Å²) in [5.74, 6) is 0.625. The van der Waals surface area contributed by atoms with Crippen LogP contribution in [0.1, 0.15) is 42.3 Å². The van der Waals surface area contributed by atoms with Crippen molar-refractivity contribution in [1.82, 2.24) is 10.3 Å². The van der Waals surface area contributed by atoms with Crippen molar-refractivity contribution in [1.29, 1.82) is 0 Å². The molecule has 6 nitrogen and oxygen atoms in total. The van der Waals surface area contributed by atoms with E-state index in [2.05, 4.69) is 41.6 Å². The molecule has 2 aromatic heterocycles. The van der Waals surface area contributed by atoms with Gasteiger partial charge in [0.15, 0.2) is 16.5 Å². The van der Waals surface area contributed by atoms with Gasteiger partial charge in [-0.15, -0.1) is 0 Å². The Morgan fingerprint density at radius 3 is 2.69 bits per heavy atom. The standard InChI is InChI=1S/C27H22ClN3O3S/c1-3-15(2)16-9-11-23-21(12-16)29-26(34-23)18-8-10-19(28)20(13-18)30-27(35)31-25(32)24-14-17-6-4-5-7-22(17)33-24/h4-15H,3H2,1-2H3,(H2,30,31,32,35). The molecule has 0 fully saturated rings. The highest BCUT2D eigenvalue weighted by Gasteiger charge is 2.16. The maximum atomic E-state index is 12.6. The van der Waals surface area contributed by atoms with Crippen LogP contribution < -0.4 is 10.6 Å². The van der Waals surface area contributed by atoms with Gasteiger partial charge in [-0.05, 0) is 72.6 Å². The molecular formula is C27H22ClN3O3S. The van der Waals surface area contributed by atoms with Crippen molar-refractivity contribution in [2.24, 2.45) is 0 Å². The fraction of sp³-hybridized carbons (Fsp3) is 0.148. The van der Waals surface area contributed by atoms with Crippen LogP contribution in [0.25, 0.3) is 33.5 Å². The number of thiocarbonyl (C=S) groups is 1. The smallest absolute Gasteiger partial charge is 0.293 e. The average molecular weight is 504 g/mol. The zero-order chi connectivity index (χ0) is 24.5. The monoisotopic (exact) mass is 503 g/mol. The van der Waals surface area contributed by atoms with Crippen LogP contribution in [0.2, 0.25) is 5.02 Å².